The SMILES string of the molecule is Cc1ccnc2[nH]c(CNc3cc(N4CCN(C)CC4)nn4c(-c5cnn(C)c5)cnc34)nc12. The molecule has 0 amide bonds. The molecular formula is C23H27N11. The van der Waals surface area contributed by atoms with Crippen LogP contribution in [0.1, 0.15) is 11.4 Å². The summed E-state index contributed by atoms with van der Waals surface area (Å²) in [6.45, 7) is 6.44. The number of fused-ring (bicyclic) bond motifs is 2. The molecule has 0 saturated carbocycles. The fourth-order valence-corrected chi connectivity index (χ4v) is 4.37. The predicted octanol–water partition coefficient (Wildman–Crippen LogP) is 2.07. The summed E-state index contributed by atoms with van der Waals surface area (Å²) in [7, 11) is 4.06. The van der Waals surface area contributed by atoms with Crippen molar-refractivity contribution in [3.8, 4) is 11.3 Å². The highest BCUT2D eigenvalue weighted by Gasteiger charge is 2.20. The van der Waals surface area contributed by atoms with Gasteiger partial charge in [0, 0.05) is 57.3 Å². The highest BCUT2D eigenvalue weighted by Crippen LogP contribution is 2.28. The molecule has 5 aromatic rings. The lowest BCUT2D eigenvalue weighted by molar-refractivity contribution is 0.311. The van der Waals surface area contributed by atoms with Crippen LogP contribution in [0, 0.1) is 6.92 Å². The molecule has 2 N–H and O–H groups in total. The number of likely N-dealkylation sites (N-methyl/N-ethyl adjacent to an activating group) is 1. The molecule has 174 valence electrons. The van der Waals surface area contributed by atoms with Gasteiger partial charge in [-0.05, 0) is 25.6 Å². The van der Waals surface area contributed by atoms with Crippen molar-refractivity contribution in [2.75, 3.05) is 43.4 Å². The fourth-order valence-electron chi connectivity index (χ4n) is 4.37. The van der Waals surface area contributed by atoms with E-state index >= 15 is 0 Å². The largest absolute Gasteiger partial charge is 0.375 e. The van der Waals surface area contributed by atoms with Crippen molar-refractivity contribution in [2.24, 2.45) is 7.05 Å². The molecule has 6 heterocycles. The lowest BCUT2D eigenvalue weighted by Gasteiger charge is -2.33. The molecule has 0 aliphatic carbocycles. The number of anilines is 2. The van der Waals surface area contributed by atoms with Gasteiger partial charge in [0.2, 0.25) is 0 Å². The number of hydrogen-bond acceptors (Lipinski definition) is 8. The number of hydrogen-bond donors (Lipinski definition) is 2. The smallest absolute Gasteiger partial charge is 0.177 e. The molecule has 0 spiro atoms. The first kappa shape index (κ1) is 20.6. The van der Waals surface area contributed by atoms with E-state index in [1.807, 2.05) is 43.1 Å². The summed E-state index contributed by atoms with van der Waals surface area (Å²) in [4.78, 5) is 21.8. The highest BCUT2D eigenvalue weighted by molar-refractivity contribution is 5.76. The minimum Gasteiger partial charge on any atom is -0.375 e. The Hall–Kier alpha value is -3.99. The van der Waals surface area contributed by atoms with Gasteiger partial charge >= 0.3 is 0 Å². The first-order valence-corrected chi connectivity index (χ1v) is 11.4. The monoisotopic (exact) mass is 457 g/mol. The topological polar surface area (TPSA) is 108 Å². The Morgan fingerprint density at radius 1 is 1.09 bits per heavy atom. The van der Waals surface area contributed by atoms with E-state index in [1.54, 1.807) is 10.9 Å². The molecule has 5 aromatic heterocycles. The molecule has 11 nitrogen and oxygen atoms in total. The quantitative estimate of drug-likeness (QED) is 0.413. The van der Waals surface area contributed by atoms with Gasteiger partial charge in [-0.25, -0.2) is 19.5 Å². The normalized spacial score (nSPS) is 15.0. The van der Waals surface area contributed by atoms with Crippen molar-refractivity contribution in [2.45, 2.75) is 13.5 Å². The molecule has 0 bridgehead atoms. The second-order valence-electron chi connectivity index (χ2n) is 8.85. The molecule has 0 unspecified atom stereocenters. The molecular weight excluding hydrogens is 430 g/mol. The molecule has 34 heavy (non-hydrogen) atoms. The predicted molar refractivity (Wildman–Crippen MR) is 131 cm³/mol. The average molecular weight is 458 g/mol. The van der Waals surface area contributed by atoms with Crippen LogP contribution in [0.5, 0.6) is 0 Å². The summed E-state index contributed by atoms with van der Waals surface area (Å²) in [6.07, 6.45) is 7.47. The molecule has 0 atom stereocenters. The van der Waals surface area contributed by atoms with E-state index in [9.17, 15) is 0 Å². The van der Waals surface area contributed by atoms with Crippen LogP contribution in [0.25, 0.3) is 28.1 Å². The van der Waals surface area contributed by atoms with Crippen LogP contribution in [0.15, 0.2) is 36.9 Å². The molecule has 1 fully saturated rings. The zero-order valence-electron chi connectivity index (χ0n) is 19.5. The third kappa shape index (κ3) is 3.63. The Labute approximate surface area is 196 Å². The van der Waals surface area contributed by atoms with E-state index in [1.165, 1.54) is 0 Å². The Balaban J connectivity index is 1.38. The van der Waals surface area contributed by atoms with Crippen LogP contribution >= 0.6 is 0 Å². The number of H-pyrrole nitrogens is 1. The maximum absolute atomic E-state index is 4.98. The lowest BCUT2D eigenvalue weighted by atomic mass is 10.3. The summed E-state index contributed by atoms with van der Waals surface area (Å²) in [6, 6.07) is 4.06. The van der Waals surface area contributed by atoms with Crippen LogP contribution < -0.4 is 10.2 Å². The van der Waals surface area contributed by atoms with Crippen molar-refractivity contribution in [1.82, 2.24) is 44.2 Å². The van der Waals surface area contributed by atoms with Gasteiger partial charge in [-0.15, -0.1) is 5.10 Å². The minimum absolute atomic E-state index is 0.521. The first-order valence-electron chi connectivity index (χ1n) is 11.4. The highest BCUT2D eigenvalue weighted by atomic mass is 15.4. The van der Waals surface area contributed by atoms with Gasteiger partial charge in [-0.3, -0.25) is 4.68 Å². The van der Waals surface area contributed by atoms with Gasteiger partial charge in [-0.1, -0.05) is 0 Å². The standard InChI is InChI=1S/C23H27N11/c1-15-4-5-24-22-21(15)28-19(29-22)13-25-17-10-20(33-8-6-31(2)7-9-33)30-34-18(12-26-23(17)34)16-11-27-32(3)14-16/h4-5,10-12,14,25H,6-9,13H2,1-3H3,(H,24,28,29). The molecule has 0 aromatic carbocycles. The zero-order chi connectivity index (χ0) is 23.2. The van der Waals surface area contributed by atoms with E-state index in [4.69, 9.17) is 15.1 Å². The van der Waals surface area contributed by atoms with Crippen LogP contribution in [0.2, 0.25) is 0 Å². The maximum atomic E-state index is 4.98. The average Bonchev–Trinajstić information content (AvgIpc) is 3.56. The van der Waals surface area contributed by atoms with Crippen LogP contribution in [-0.2, 0) is 13.6 Å². The summed E-state index contributed by atoms with van der Waals surface area (Å²) >= 11 is 0. The lowest BCUT2D eigenvalue weighted by Crippen LogP contribution is -2.45. The number of imidazole rings is 2. The zero-order valence-corrected chi connectivity index (χ0v) is 19.5. The molecule has 0 radical (unpaired) electrons. The van der Waals surface area contributed by atoms with E-state index in [0.717, 1.165) is 77.1 Å². The summed E-state index contributed by atoms with van der Waals surface area (Å²) in [5, 5.41) is 12.8. The summed E-state index contributed by atoms with van der Waals surface area (Å²) in [5.74, 6) is 1.75. The third-order valence-electron chi connectivity index (χ3n) is 6.36. The van der Waals surface area contributed by atoms with Crippen molar-refractivity contribution in [3.63, 3.8) is 0 Å². The van der Waals surface area contributed by atoms with Crippen LogP contribution in [0.3, 0.4) is 0 Å². The van der Waals surface area contributed by atoms with Gasteiger partial charge < -0.3 is 20.1 Å². The molecule has 11 heteroatoms. The Kier molecular flexibility index (Phi) is 4.91. The molecule has 1 saturated heterocycles. The number of aryl methyl sites for hydroxylation is 2. The van der Waals surface area contributed by atoms with Gasteiger partial charge in [0.25, 0.3) is 0 Å². The first-order chi connectivity index (χ1) is 16.5. The van der Waals surface area contributed by atoms with Gasteiger partial charge in [0.1, 0.15) is 11.3 Å². The van der Waals surface area contributed by atoms with Gasteiger partial charge in [0.05, 0.1) is 30.3 Å². The number of nitrogens with zero attached hydrogens (tertiary/aromatic N) is 9. The fraction of sp³-hybridized carbons (Fsp3) is 0.348. The number of pyridine rings is 1. The van der Waals surface area contributed by atoms with E-state index < -0.39 is 0 Å². The second kappa shape index (κ2) is 8.10. The number of piperazine rings is 1. The Morgan fingerprint density at radius 2 is 1.94 bits per heavy atom. The number of aromatic amines is 1. The van der Waals surface area contributed by atoms with Crippen LogP contribution in [0.4, 0.5) is 11.5 Å². The van der Waals surface area contributed by atoms with Crippen molar-refractivity contribution < 1.29 is 0 Å². The minimum atomic E-state index is 0.521. The number of rotatable bonds is 5. The Morgan fingerprint density at radius 3 is 2.71 bits per heavy atom. The third-order valence-corrected chi connectivity index (χ3v) is 6.36. The van der Waals surface area contributed by atoms with E-state index in [0.29, 0.717) is 6.54 Å². The summed E-state index contributed by atoms with van der Waals surface area (Å²) in [5.41, 5.74) is 6.36. The van der Waals surface area contributed by atoms with Crippen molar-refractivity contribution in [3.05, 3.63) is 48.3 Å². The van der Waals surface area contributed by atoms with Crippen molar-refractivity contribution >= 4 is 28.3 Å². The van der Waals surface area contributed by atoms with E-state index in [2.05, 4.69) is 43.3 Å². The second-order valence-corrected chi connectivity index (χ2v) is 8.85. The van der Waals surface area contributed by atoms with Crippen molar-refractivity contribution in [1.29, 1.82) is 0 Å². The summed E-state index contributed by atoms with van der Waals surface area (Å²) < 4.78 is 3.70. The maximum Gasteiger partial charge on any atom is 0.177 e. The molecule has 6 rings (SSSR count). The number of aromatic nitrogens is 8. The van der Waals surface area contributed by atoms with E-state index in [-0.39, 0.29) is 0 Å². The molecule has 1 aliphatic heterocycles. The number of nitrogens with one attached hydrogen (secondary N) is 2. The van der Waals surface area contributed by atoms with Gasteiger partial charge in [-0.2, -0.15) is 5.10 Å². The Bertz CT molecular complexity index is 1470. The van der Waals surface area contributed by atoms with Crippen LogP contribution in [-0.4, -0.2) is 77.5 Å². The van der Waals surface area contributed by atoms with Gasteiger partial charge in [0.15, 0.2) is 17.1 Å². The molecule has 1 aliphatic rings.